The molecule has 3 aliphatic rings. The highest BCUT2D eigenvalue weighted by molar-refractivity contribution is 5.74. The van der Waals surface area contributed by atoms with Crippen molar-refractivity contribution in [1.82, 2.24) is 15.1 Å². The first-order valence-electron chi connectivity index (χ1n) is 11.1. The number of anilines is 1. The summed E-state index contributed by atoms with van der Waals surface area (Å²) in [5.74, 6) is 0.862. The Bertz CT molecular complexity index is 990. The van der Waals surface area contributed by atoms with Crippen molar-refractivity contribution in [2.24, 2.45) is 0 Å². The third kappa shape index (κ3) is 3.64. The van der Waals surface area contributed by atoms with Gasteiger partial charge in [0, 0.05) is 30.3 Å². The molecule has 5 rings (SSSR count). The molecule has 2 aliphatic heterocycles. The van der Waals surface area contributed by atoms with E-state index in [0.29, 0.717) is 23.2 Å². The number of rotatable bonds is 3. The molecule has 0 amide bonds. The van der Waals surface area contributed by atoms with E-state index in [1.54, 1.807) is 0 Å². The number of alkyl halides is 3. The molecule has 0 unspecified atom stereocenters. The van der Waals surface area contributed by atoms with Crippen LogP contribution in [0.25, 0.3) is 11.3 Å². The fourth-order valence-corrected chi connectivity index (χ4v) is 5.28. The molecule has 31 heavy (non-hydrogen) atoms. The van der Waals surface area contributed by atoms with Gasteiger partial charge in [-0.1, -0.05) is 6.42 Å². The third-order valence-electron chi connectivity index (χ3n) is 7.10. The van der Waals surface area contributed by atoms with Crippen molar-refractivity contribution in [2.45, 2.75) is 56.7 Å². The second-order valence-electron chi connectivity index (χ2n) is 9.12. The molecule has 8 heteroatoms. The van der Waals surface area contributed by atoms with E-state index in [1.807, 2.05) is 0 Å². The topological polar surface area (TPSA) is 52.5 Å². The summed E-state index contributed by atoms with van der Waals surface area (Å²) < 4.78 is 39.2. The molecule has 1 saturated heterocycles. The van der Waals surface area contributed by atoms with Crippen molar-refractivity contribution in [2.75, 3.05) is 31.6 Å². The van der Waals surface area contributed by atoms with E-state index in [1.165, 1.54) is 11.6 Å². The Morgan fingerprint density at radius 1 is 1.06 bits per heavy atom. The predicted molar refractivity (Wildman–Crippen MR) is 112 cm³/mol. The van der Waals surface area contributed by atoms with Crippen LogP contribution in [0.3, 0.4) is 0 Å². The Morgan fingerprint density at radius 2 is 1.87 bits per heavy atom. The Labute approximate surface area is 179 Å². The lowest BCUT2D eigenvalue weighted by atomic mass is 9.76. The minimum Gasteiger partial charge on any atom is -0.507 e. The van der Waals surface area contributed by atoms with E-state index >= 15 is 0 Å². The van der Waals surface area contributed by atoms with Gasteiger partial charge in [0.05, 0.1) is 5.56 Å². The fraction of sp³-hybridized carbons (Fsp3) is 0.565. The molecule has 3 heterocycles. The molecule has 2 fully saturated rings. The Hall–Kier alpha value is -2.35. The molecule has 5 nitrogen and oxygen atoms in total. The molecule has 0 radical (unpaired) electrons. The standard InChI is InChI=1S/C23H27F3N4O/c1-29-10-3-6-16(13-29)30-11-9-18-20(14-4-2-5-14)21(27-28-22(18)30)17-8-7-15(12-19(17)31)23(24,25)26/h7-8,12,14,16,31H,2-6,9-11,13H2,1H3/t16-/m1/s1. The summed E-state index contributed by atoms with van der Waals surface area (Å²) in [6.07, 6.45) is 1.88. The predicted octanol–water partition coefficient (Wildman–Crippen LogP) is 4.59. The number of likely N-dealkylation sites (tertiary alicyclic amines) is 1. The lowest BCUT2D eigenvalue weighted by molar-refractivity contribution is -0.137. The molecule has 1 saturated carbocycles. The van der Waals surface area contributed by atoms with Crippen molar-refractivity contribution in [3.63, 3.8) is 0 Å². The van der Waals surface area contributed by atoms with Gasteiger partial charge in [-0.15, -0.1) is 10.2 Å². The van der Waals surface area contributed by atoms with Gasteiger partial charge in [0.15, 0.2) is 5.82 Å². The molecule has 1 aromatic heterocycles. The van der Waals surface area contributed by atoms with Crippen LogP contribution in [0, 0.1) is 0 Å². The molecule has 1 N–H and O–H groups in total. The fourth-order valence-electron chi connectivity index (χ4n) is 5.28. The van der Waals surface area contributed by atoms with E-state index in [-0.39, 0.29) is 0 Å². The van der Waals surface area contributed by atoms with Crippen LogP contribution in [0.1, 0.15) is 54.7 Å². The number of fused-ring (bicyclic) bond motifs is 1. The summed E-state index contributed by atoms with van der Waals surface area (Å²) in [6.45, 7) is 3.01. The van der Waals surface area contributed by atoms with Gasteiger partial charge in [0.2, 0.25) is 0 Å². The van der Waals surface area contributed by atoms with E-state index in [0.717, 1.165) is 81.7 Å². The van der Waals surface area contributed by atoms with Crippen molar-refractivity contribution in [3.05, 3.63) is 34.9 Å². The van der Waals surface area contributed by atoms with Crippen LogP contribution in [-0.2, 0) is 12.6 Å². The second-order valence-corrected chi connectivity index (χ2v) is 9.12. The number of hydrogen-bond acceptors (Lipinski definition) is 5. The van der Waals surface area contributed by atoms with Gasteiger partial charge in [-0.3, -0.25) is 0 Å². The highest BCUT2D eigenvalue weighted by Crippen LogP contribution is 2.47. The summed E-state index contributed by atoms with van der Waals surface area (Å²) in [5, 5.41) is 19.5. The maximum Gasteiger partial charge on any atom is 0.416 e. The average molecular weight is 432 g/mol. The number of halogens is 3. The maximum atomic E-state index is 13.1. The SMILES string of the molecule is CN1CCC[C@@H](N2CCc3c2nnc(-c2ccc(C(F)(F)F)cc2O)c3C2CCC2)C1. The molecule has 0 spiro atoms. The van der Waals surface area contributed by atoms with Crippen LogP contribution < -0.4 is 4.90 Å². The van der Waals surface area contributed by atoms with E-state index in [4.69, 9.17) is 0 Å². The zero-order valence-electron chi connectivity index (χ0n) is 17.6. The van der Waals surface area contributed by atoms with Crippen molar-refractivity contribution in [3.8, 4) is 17.0 Å². The van der Waals surface area contributed by atoms with Crippen LogP contribution in [0.4, 0.5) is 19.0 Å². The van der Waals surface area contributed by atoms with E-state index in [9.17, 15) is 18.3 Å². The van der Waals surface area contributed by atoms with E-state index in [2.05, 4.69) is 27.0 Å². The molecular weight excluding hydrogens is 405 g/mol. The van der Waals surface area contributed by atoms with Gasteiger partial charge in [0.25, 0.3) is 0 Å². The first-order valence-corrected chi connectivity index (χ1v) is 11.1. The first kappa shape index (κ1) is 20.5. The second kappa shape index (κ2) is 7.65. The van der Waals surface area contributed by atoms with Crippen LogP contribution in [0.5, 0.6) is 5.75 Å². The number of likely N-dealkylation sites (N-methyl/N-ethyl adjacent to an activating group) is 1. The van der Waals surface area contributed by atoms with Gasteiger partial charge < -0.3 is 14.9 Å². The van der Waals surface area contributed by atoms with Gasteiger partial charge in [0.1, 0.15) is 11.4 Å². The number of phenols is 1. The van der Waals surface area contributed by atoms with Gasteiger partial charge in [-0.05, 0) is 75.4 Å². The Balaban J connectivity index is 1.56. The van der Waals surface area contributed by atoms with Gasteiger partial charge in [-0.2, -0.15) is 13.2 Å². The average Bonchev–Trinajstić information content (AvgIpc) is 3.11. The third-order valence-corrected chi connectivity index (χ3v) is 7.10. The van der Waals surface area contributed by atoms with Crippen LogP contribution in [0.2, 0.25) is 0 Å². The zero-order chi connectivity index (χ0) is 21.8. The smallest absolute Gasteiger partial charge is 0.416 e. The van der Waals surface area contributed by atoms with Crippen LogP contribution in [0.15, 0.2) is 18.2 Å². The first-order chi connectivity index (χ1) is 14.8. The van der Waals surface area contributed by atoms with Gasteiger partial charge >= 0.3 is 6.18 Å². The number of benzene rings is 1. The summed E-state index contributed by atoms with van der Waals surface area (Å²) in [6, 6.07) is 3.55. The highest BCUT2D eigenvalue weighted by Gasteiger charge is 2.37. The normalized spacial score (nSPS) is 22.5. The van der Waals surface area contributed by atoms with Crippen LogP contribution in [-0.4, -0.2) is 52.9 Å². The van der Waals surface area contributed by atoms with Gasteiger partial charge in [-0.25, -0.2) is 0 Å². The van der Waals surface area contributed by atoms with Crippen molar-refractivity contribution >= 4 is 5.82 Å². The summed E-state index contributed by atoms with van der Waals surface area (Å²) in [4.78, 5) is 4.72. The summed E-state index contributed by atoms with van der Waals surface area (Å²) in [5.41, 5.74) is 2.26. The maximum absolute atomic E-state index is 13.1. The van der Waals surface area contributed by atoms with E-state index < -0.39 is 17.5 Å². The highest BCUT2D eigenvalue weighted by atomic mass is 19.4. The lowest BCUT2D eigenvalue weighted by Crippen LogP contribution is -2.46. The number of piperidine rings is 1. The summed E-state index contributed by atoms with van der Waals surface area (Å²) in [7, 11) is 2.14. The number of aromatic hydroxyl groups is 1. The lowest BCUT2D eigenvalue weighted by Gasteiger charge is -2.37. The quantitative estimate of drug-likeness (QED) is 0.769. The molecule has 166 valence electrons. The molecule has 1 aromatic carbocycles. The number of hydrogen-bond donors (Lipinski definition) is 1. The summed E-state index contributed by atoms with van der Waals surface area (Å²) >= 11 is 0. The van der Waals surface area contributed by atoms with Crippen molar-refractivity contribution in [1.29, 1.82) is 0 Å². The molecule has 0 bridgehead atoms. The molecule has 1 atom stereocenters. The number of nitrogens with zero attached hydrogens (tertiary/aromatic N) is 4. The number of phenolic OH excluding ortho intramolecular Hbond substituents is 1. The molecular formula is C23H27F3N4O. The number of aromatic nitrogens is 2. The zero-order valence-corrected chi connectivity index (χ0v) is 17.6. The molecule has 2 aromatic rings. The minimum absolute atomic E-state index is 0.329. The minimum atomic E-state index is -4.50. The Kier molecular flexibility index (Phi) is 5.07. The monoisotopic (exact) mass is 432 g/mol. The Morgan fingerprint density at radius 3 is 2.52 bits per heavy atom. The van der Waals surface area contributed by atoms with Crippen LogP contribution >= 0.6 is 0 Å². The largest absolute Gasteiger partial charge is 0.507 e. The molecule has 1 aliphatic carbocycles. The van der Waals surface area contributed by atoms with Crippen molar-refractivity contribution < 1.29 is 18.3 Å².